The summed E-state index contributed by atoms with van der Waals surface area (Å²) in [6, 6.07) is 10.8. The molecule has 0 amide bonds. The Labute approximate surface area is 153 Å². The number of nitrogens with zero attached hydrogens (tertiary/aromatic N) is 2. The topological polar surface area (TPSA) is 73.2 Å². The quantitative estimate of drug-likeness (QED) is 0.585. The molecule has 7 heteroatoms. The maximum absolute atomic E-state index is 12.5. The van der Waals surface area contributed by atoms with Crippen molar-refractivity contribution in [1.29, 1.82) is 0 Å². The zero-order chi connectivity index (χ0) is 18.4. The first-order valence-corrected chi connectivity index (χ1v) is 10.2. The number of sulfonamides is 1. The Bertz CT molecular complexity index is 953. The van der Waals surface area contributed by atoms with Crippen molar-refractivity contribution in [3.63, 3.8) is 0 Å². The molecule has 26 heavy (non-hydrogen) atoms. The molecule has 0 saturated heterocycles. The fraction of sp³-hybridized carbons (Fsp3) is 0.316. The number of hydrogen-bond acceptors (Lipinski definition) is 4. The maximum atomic E-state index is 12.5. The number of ether oxygens (including phenoxy) is 1. The van der Waals surface area contributed by atoms with Crippen LogP contribution in [0.3, 0.4) is 0 Å². The van der Waals surface area contributed by atoms with Gasteiger partial charge in [-0.1, -0.05) is 19.1 Å². The summed E-state index contributed by atoms with van der Waals surface area (Å²) in [7, 11) is -3.52. The molecule has 0 aliphatic heterocycles. The van der Waals surface area contributed by atoms with E-state index in [2.05, 4.69) is 16.6 Å². The van der Waals surface area contributed by atoms with Gasteiger partial charge < -0.3 is 9.30 Å². The lowest BCUT2D eigenvalue weighted by atomic mass is 10.1. The number of hydrogen-bond donors (Lipinski definition) is 1. The molecule has 2 aromatic carbocycles. The van der Waals surface area contributed by atoms with Gasteiger partial charge >= 0.3 is 0 Å². The molecule has 1 aromatic heterocycles. The largest absolute Gasteiger partial charge is 0.494 e. The van der Waals surface area contributed by atoms with E-state index in [0.29, 0.717) is 19.6 Å². The van der Waals surface area contributed by atoms with Crippen LogP contribution in [0.25, 0.3) is 10.8 Å². The van der Waals surface area contributed by atoms with Crippen LogP contribution in [-0.2, 0) is 16.6 Å². The SMILES string of the molecule is CCCOc1ccc2cc(S(=O)(=O)NCCCn3ccnc3)ccc2c1. The van der Waals surface area contributed by atoms with Crippen LogP contribution in [0.5, 0.6) is 5.75 Å². The molecule has 138 valence electrons. The van der Waals surface area contributed by atoms with Crippen molar-refractivity contribution in [2.45, 2.75) is 31.2 Å². The summed E-state index contributed by atoms with van der Waals surface area (Å²) in [6.07, 6.45) is 6.92. The van der Waals surface area contributed by atoms with Gasteiger partial charge in [-0.25, -0.2) is 18.1 Å². The minimum Gasteiger partial charge on any atom is -0.494 e. The van der Waals surface area contributed by atoms with E-state index in [0.717, 1.165) is 29.5 Å². The summed E-state index contributed by atoms with van der Waals surface area (Å²) in [5, 5.41) is 1.83. The summed E-state index contributed by atoms with van der Waals surface area (Å²) in [4.78, 5) is 4.24. The van der Waals surface area contributed by atoms with Gasteiger partial charge in [0.15, 0.2) is 0 Å². The zero-order valence-electron chi connectivity index (χ0n) is 14.8. The van der Waals surface area contributed by atoms with Gasteiger partial charge in [-0.3, -0.25) is 0 Å². The van der Waals surface area contributed by atoms with Crippen molar-refractivity contribution < 1.29 is 13.2 Å². The molecule has 0 bridgehead atoms. The van der Waals surface area contributed by atoms with Crippen LogP contribution >= 0.6 is 0 Å². The van der Waals surface area contributed by atoms with Gasteiger partial charge in [0.25, 0.3) is 0 Å². The number of aromatic nitrogens is 2. The van der Waals surface area contributed by atoms with Crippen LogP contribution in [0.2, 0.25) is 0 Å². The van der Waals surface area contributed by atoms with Gasteiger partial charge in [-0.15, -0.1) is 0 Å². The predicted octanol–water partition coefficient (Wildman–Crippen LogP) is 3.19. The van der Waals surface area contributed by atoms with Crippen molar-refractivity contribution in [1.82, 2.24) is 14.3 Å². The Morgan fingerprint density at radius 2 is 1.96 bits per heavy atom. The number of aryl methyl sites for hydroxylation is 1. The van der Waals surface area contributed by atoms with Crippen LogP contribution in [0, 0.1) is 0 Å². The molecule has 0 saturated carbocycles. The van der Waals surface area contributed by atoms with Crippen LogP contribution in [0.1, 0.15) is 19.8 Å². The first kappa shape index (κ1) is 18.4. The Morgan fingerprint density at radius 1 is 1.15 bits per heavy atom. The van der Waals surface area contributed by atoms with E-state index >= 15 is 0 Å². The van der Waals surface area contributed by atoms with Gasteiger partial charge in [0.1, 0.15) is 5.75 Å². The summed E-state index contributed by atoms with van der Waals surface area (Å²) < 4.78 is 35.2. The van der Waals surface area contributed by atoms with Crippen molar-refractivity contribution in [2.75, 3.05) is 13.2 Å². The van der Waals surface area contributed by atoms with E-state index in [1.807, 2.05) is 35.0 Å². The first-order chi connectivity index (χ1) is 12.6. The molecular weight excluding hydrogens is 350 g/mol. The number of benzene rings is 2. The lowest BCUT2D eigenvalue weighted by Gasteiger charge is -2.09. The lowest BCUT2D eigenvalue weighted by molar-refractivity contribution is 0.318. The van der Waals surface area contributed by atoms with Crippen LogP contribution in [-0.4, -0.2) is 31.1 Å². The minimum atomic E-state index is -3.52. The summed E-state index contributed by atoms with van der Waals surface area (Å²) in [5.41, 5.74) is 0. The average Bonchev–Trinajstić information content (AvgIpc) is 3.16. The molecule has 0 radical (unpaired) electrons. The van der Waals surface area contributed by atoms with E-state index in [9.17, 15) is 8.42 Å². The smallest absolute Gasteiger partial charge is 0.240 e. The van der Waals surface area contributed by atoms with E-state index in [-0.39, 0.29) is 4.90 Å². The number of fused-ring (bicyclic) bond motifs is 1. The van der Waals surface area contributed by atoms with Crippen molar-refractivity contribution in [2.24, 2.45) is 0 Å². The highest BCUT2D eigenvalue weighted by Gasteiger charge is 2.14. The van der Waals surface area contributed by atoms with E-state index in [4.69, 9.17) is 4.74 Å². The van der Waals surface area contributed by atoms with Gasteiger partial charge in [-0.2, -0.15) is 0 Å². The van der Waals surface area contributed by atoms with Crippen LogP contribution < -0.4 is 9.46 Å². The molecule has 1 heterocycles. The third kappa shape index (κ3) is 4.62. The van der Waals surface area contributed by atoms with Crippen molar-refractivity contribution >= 4 is 20.8 Å². The number of rotatable bonds is 9. The van der Waals surface area contributed by atoms with E-state index in [1.54, 1.807) is 24.7 Å². The molecule has 0 atom stereocenters. The van der Waals surface area contributed by atoms with Crippen LogP contribution in [0.4, 0.5) is 0 Å². The second-order valence-electron chi connectivity index (χ2n) is 6.07. The van der Waals surface area contributed by atoms with Crippen molar-refractivity contribution in [3.05, 3.63) is 55.1 Å². The molecule has 0 fully saturated rings. The monoisotopic (exact) mass is 373 g/mol. The Morgan fingerprint density at radius 3 is 2.73 bits per heavy atom. The Balaban J connectivity index is 1.65. The lowest BCUT2D eigenvalue weighted by Crippen LogP contribution is -2.25. The fourth-order valence-electron chi connectivity index (χ4n) is 2.65. The second-order valence-corrected chi connectivity index (χ2v) is 7.84. The Kier molecular flexibility index (Phi) is 5.90. The molecule has 1 N–H and O–H groups in total. The van der Waals surface area contributed by atoms with Gasteiger partial charge in [-0.05, 0) is 47.9 Å². The van der Waals surface area contributed by atoms with E-state index < -0.39 is 10.0 Å². The predicted molar refractivity (Wildman–Crippen MR) is 102 cm³/mol. The van der Waals surface area contributed by atoms with Crippen molar-refractivity contribution in [3.8, 4) is 5.75 Å². The highest BCUT2D eigenvalue weighted by atomic mass is 32.2. The fourth-order valence-corrected chi connectivity index (χ4v) is 3.76. The summed E-state index contributed by atoms with van der Waals surface area (Å²) in [5.74, 6) is 0.799. The number of nitrogens with one attached hydrogen (secondary N) is 1. The standard InChI is InChI=1S/C19H23N3O3S/c1-2-12-25-18-6-4-17-14-19(7-5-16(17)13-18)26(23,24)21-8-3-10-22-11-9-20-15-22/h4-7,9,11,13-15,21H,2-3,8,10,12H2,1H3. The molecule has 0 aliphatic rings. The van der Waals surface area contributed by atoms with E-state index in [1.165, 1.54) is 0 Å². The molecule has 0 unspecified atom stereocenters. The highest BCUT2D eigenvalue weighted by Crippen LogP contribution is 2.24. The second kappa shape index (κ2) is 8.33. The van der Waals surface area contributed by atoms with Gasteiger partial charge in [0.05, 0.1) is 17.8 Å². The van der Waals surface area contributed by atoms with Gasteiger partial charge in [0, 0.05) is 25.5 Å². The summed E-state index contributed by atoms with van der Waals surface area (Å²) >= 11 is 0. The normalized spacial score (nSPS) is 11.7. The molecule has 3 aromatic rings. The average molecular weight is 373 g/mol. The Hall–Kier alpha value is -2.38. The maximum Gasteiger partial charge on any atom is 0.240 e. The molecular formula is C19H23N3O3S. The minimum absolute atomic E-state index is 0.273. The first-order valence-electron chi connectivity index (χ1n) is 8.70. The number of imidazole rings is 1. The van der Waals surface area contributed by atoms with Crippen LogP contribution in [0.15, 0.2) is 60.0 Å². The third-order valence-electron chi connectivity index (χ3n) is 4.01. The van der Waals surface area contributed by atoms with Gasteiger partial charge in [0.2, 0.25) is 10.0 Å². The molecule has 0 aliphatic carbocycles. The highest BCUT2D eigenvalue weighted by molar-refractivity contribution is 7.89. The molecule has 6 nitrogen and oxygen atoms in total. The molecule has 0 spiro atoms. The zero-order valence-corrected chi connectivity index (χ0v) is 15.6. The summed E-state index contributed by atoms with van der Waals surface area (Å²) in [6.45, 7) is 3.82. The third-order valence-corrected chi connectivity index (χ3v) is 5.47. The molecule has 3 rings (SSSR count).